The molecule has 0 aromatic heterocycles. The molecule has 2 amide bonds. The van der Waals surface area contributed by atoms with E-state index in [1.807, 2.05) is 48.5 Å². The maximum atomic E-state index is 12.3. The number of nitrogens with one attached hydrogen (secondary N) is 1. The molecule has 0 aliphatic carbocycles. The lowest BCUT2D eigenvalue weighted by Crippen LogP contribution is -2.33. The Morgan fingerprint density at radius 3 is 2.32 bits per heavy atom. The van der Waals surface area contributed by atoms with Gasteiger partial charge in [0, 0.05) is 32.1 Å². The van der Waals surface area contributed by atoms with Crippen molar-refractivity contribution in [1.29, 1.82) is 0 Å². The van der Waals surface area contributed by atoms with Gasteiger partial charge in [0.1, 0.15) is 5.75 Å². The van der Waals surface area contributed by atoms with Gasteiger partial charge in [0.25, 0.3) is 0 Å². The van der Waals surface area contributed by atoms with Gasteiger partial charge in [-0.3, -0.25) is 9.59 Å². The van der Waals surface area contributed by atoms with E-state index in [0.29, 0.717) is 25.4 Å². The number of rotatable bonds is 9. The van der Waals surface area contributed by atoms with Crippen molar-refractivity contribution in [2.45, 2.75) is 39.5 Å². The Kier molecular flexibility index (Phi) is 8.05. The first kappa shape index (κ1) is 21.5. The van der Waals surface area contributed by atoms with E-state index in [9.17, 15) is 9.59 Å². The summed E-state index contributed by atoms with van der Waals surface area (Å²) in [5.41, 5.74) is 3.06. The van der Waals surface area contributed by atoms with Crippen molar-refractivity contribution in [3.05, 3.63) is 59.7 Å². The molecule has 1 N–H and O–H groups in total. The van der Waals surface area contributed by atoms with Crippen molar-refractivity contribution >= 4 is 17.5 Å². The summed E-state index contributed by atoms with van der Waals surface area (Å²) in [5.74, 6) is 1.13. The Labute approximate surface area is 167 Å². The van der Waals surface area contributed by atoms with Crippen LogP contribution in [-0.4, -0.2) is 36.9 Å². The molecule has 2 aromatic carbocycles. The predicted octanol–water partition coefficient (Wildman–Crippen LogP) is 4.24. The van der Waals surface area contributed by atoms with E-state index in [1.54, 1.807) is 12.0 Å². The van der Waals surface area contributed by atoms with Crippen LogP contribution in [0.1, 0.15) is 44.2 Å². The average molecular weight is 383 g/mol. The number of hydrogen-bond donors (Lipinski definition) is 1. The second-order valence-electron chi connectivity index (χ2n) is 7.14. The lowest BCUT2D eigenvalue weighted by Gasteiger charge is -2.21. The highest BCUT2D eigenvalue weighted by Gasteiger charge is 2.13. The van der Waals surface area contributed by atoms with E-state index in [1.165, 1.54) is 12.5 Å². The van der Waals surface area contributed by atoms with Gasteiger partial charge in [0.15, 0.2) is 0 Å². The normalized spacial score (nSPS) is 10.6. The summed E-state index contributed by atoms with van der Waals surface area (Å²) in [4.78, 5) is 25.9. The van der Waals surface area contributed by atoms with Crippen LogP contribution in [0.25, 0.3) is 0 Å². The third-order valence-electron chi connectivity index (χ3n) is 4.76. The second-order valence-corrected chi connectivity index (χ2v) is 7.14. The minimum Gasteiger partial charge on any atom is -0.496 e. The highest BCUT2D eigenvalue weighted by Crippen LogP contribution is 2.19. The van der Waals surface area contributed by atoms with Gasteiger partial charge in [-0.15, -0.1) is 0 Å². The molecule has 0 spiro atoms. The molecule has 0 unspecified atom stereocenters. The molecule has 0 saturated heterocycles. The number of ether oxygens (including phenoxy) is 1. The second kappa shape index (κ2) is 10.5. The van der Waals surface area contributed by atoms with Crippen LogP contribution in [0.4, 0.5) is 5.69 Å². The van der Waals surface area contributed by atoms with Crippen molar-refractivity contribution in [3.63, 3.8) is 0 Å². The summed E-state index contributed by atoms with van der Waals surface area (Å²) in [6.45, 7) is 6.74. The first-order valence-corrected chi connectivity index (χ1v) is 9.68. The van der Waals surface area contributed by atoms with Gasteiger partial charge in [-0.25, -0.2) is 0 Å². The van der Waals surface area contributed by atoms with Crippen molar-refractivity contribution in [2.24, 2.45) is 0 Å². The van der Waals surface area contributed by atoms with Crippen LogP contribution in [0.5, 0.6) is 5.75 Å². The number of carbonyl (C=O) groups excluding carboxylic acids is 2. The smallest absolute Gasteiger partial charge is 0.226 e. The largest absolute Gasteiger partial charge is 0.496 e. The molecule has 2 rings (SSSR count). The molecule has 0 bridgehead atoms. The van der Waals surface area contributed by atoms with E-state index in [4.69, 9.17) is 4.74 Å². The van der Waals surface area contributed by atoms with Gasteiger partial charge in [0.2, 0.25) is 11.8 Å². The van der Waals surface area contributed by atoms with Crippen LogP contribution in [-0.2, 0) is 16.0 Å². The SMILES string of the molecule is COc1ccccc1CCN(CCC(=O)Nc1ccc(C(C)C)cc1)C(C)=O. The molecule has 28 heavy (non-hydrogen) atoms. The number of hydrogen-bond acceptors (Lipinski definition) is 3. The molecule has 2 aromatic rings. The number of nitrogens with zero attached hydrogens (tertiary/aromatic N) is 1. The summed E-state index contributed by atoms with van der Waals surface area (Å²) in [6, 6.07) is 15.6. The van der Waals surface area contributed by atoms with E-state index in [0.717, 1.165) is 17.0 Å². The summed E-state index contributed by atoms with van der Waals surface area (Å²) < 4.78 is 5.36. The molecule has 0 aliphatic rings. The summed E-state index contributed by atoms with van der Waals surface area (Å²) >= 11 is 0. The van der Waals surface area contributed by atoms with Gasteiger partial charge in [-0.2, -0.15) is 0 Å². The minimum absolute atomic E-state index is 0.0380. The maximum Gasteiger partial charge on any atom is 0.226 e. The standard InChI is InChI=1S/C23H30N2O3/c1-17(2)19-9-11-21(12-10-19)24-23(27)14-16-25(18(3)26)15-13-20-7-5-6-8-22(20)28-4/h5-12,17H,13-16H2,1-4H3,(H,24,27). The third kappa shape index (κ3) is 6.41. The number of amides is 2. The quantitative estimate of drug-likeness (QED) is 0.706. The summed E-state index contributed by atoms with van der Waals surface area (Å²) in [7, 11) is 1.64. The number of methoxy groups -OCH3 is 1. The zero-order valence-corrected chi connectivity index (χ0v) is 17.2. The highest BCUT2D eigenvalue weighted by molar-refractivity contribution is 5.91. The Hall–Kier alpha value is -2.82. The Morgan fingerprint density at radius 2 is 1.71 bits per heavy atom. The van der Waals surface area contributed by atoms with E-state index < -0.39 is 0 Å². The average Bonchev–Trinajstić information content (AvgIpc) is 2.68. The molecule has 0 fully saturated rings. The molecular weight excluding hydrogens is 352 g/mol. The number of para-hydroxylation sites is 1. The molecule has 5 nitrogen and oxygen atoms in total. The molecule has 0 radical (unpaired) electrons. The molecule has 5 heteroatoms. The maximum absolute atomic E-state index is 12.3. The van der Waals surface area contributed by atoms with Crippen molar-refractivity contribution < 1.29 is 14.3 Å². The van der Waals surface area contributed by atoms with E-state index in [2.05, 4.69) is 19.2 Å². The van der Waals surface area contributed by atoms with Gasteiger partial charge < -0.3 is 15.0 Å². The summed E-state index contributed by atoms with van der Waals surface area (Å²) in [6.07, 6.45) is 0.944. The minimum atomic E-state index is -0.0964. The number of benzene rings is 2. The zero-order chi connectivity index (χ0) is 20.5. The molecule has 0 saturated carbocycles. The van der Waals surface area contributed by atoms with Gasteiger partial charge in [-0.05, 0) is 41.7 Å². The van der Waals surface area contributed by atoms with E-state index >= 15 is 0 Å². The third-order valence-corrected chi connectivity index (χ3v) is 4.76. The first-order valence-electron chi connectivity index (χ1n) is 9.68. The van der Waals surface area contributed by atoms with Crippen molar-refractivity contribution in [2.75, 3.05) is 25.5 Å². The van der Waals surface area contributed by atoms with Crippen molar-refractivity contribution in [3.8, 4) is 5.75 Å². The fourth-order valence-corrected chi connectivity index (χ4v) is 3.00. The fourth-order valence-electron chi connectivity index (χ4n) is 3.00. The zero-order valence-electron chi connectivity index (χ0n) is 17.2. The molecule has 0 heterocycles. The summed E-state index contributed by atoms with van der Waals surface area (Å²) in [5, 5.41) is 2.90. The monoisotopic (exact) mass is 382 g/mol. The molecule has 0 atom stereocenters. The highest BCUT2D eigenvalue weighted by atomic mass is 16.5. The van der Waals surface area contributed by atoms with Gasteiger partial charge >= 0.3 is 0 Å². The fraction of sp³-hybridized carbons (Fsp3) is 0.391. The Balaban J connectivity index is 1.86. The molecular formula is C23H30N2O3. The predicted molar refractivity (Wildman–Crippen MR) is 113 cm³/mol. The molecule has 0 aliphatic heterocycles. The lowest BCUT2D eigenvalue weighted by molar-refractivity contribution is -0.129. The number of anilines is 1. The van der Waals surface area contributed by atoms with E-state index in [-0.39, 0.29) is 18.2 Å². The first-order chi connectivity index (χ1) is 13.4. The van der Waals surface area contributed by atoms with Crippen LogP contribution in [0.15, 0.2) is 48.5 Å². The van der Waals surface area contributed by atoms with Crippen LogP contribution in [0.2, 0.25) is 0 Å². The molecule has 150 valence electrons. The number of carbonyl (C=O) groups is 2. The lowest BCUT2D eigenvalue weighted by atomic mass is 10.0. The Morgan fingerprint density at radius 1 is 1.04 bits per heavy atom. The topological polar surface area (TPSA) is 58.6 Å². The van der Waals surface area contributed by atoms with Crippen LogP contribution < -0.4 is 10.1 Å². The Bertz CT molecular complexity index is 785. The van der Waals surface area contributed by atoms with Crippen LogP contribution >= 0.6 is 0 Å². The van der Waals surface area contributed by atoms with Gasteiger partial charge in [0.05, 0.1) is 7.11 Å². The van der Waals surface area contributed by atoms with Crippen LogP contribution in [0.3, 0.4) is 0 Å². The van der Waals surface area contributed by atoms with Crippen molar-refractivity contribution in [1.82, 2.24) is 4.90 Å². The van der Waals surface area contributed by atoms with Crippen LogP contribution in [0, 0.1) is 0 Å². The van der Waals surface area contributed by atoms with Gasteiger partial charge in [-0.1, -0.05) is 44.2 Å².